The number of aryl methyl sites for hydroxylation is 1. The Morgan fingerprint density at radius 2 is 2.00 bits per heavy atom. The zero-order valence-electron chi connectivity index (χ0n) is 19.9. The van der Waals surface area contributed by atoms with Gasteiger partial charge in [-0.1, -0.05) is 30.3 Å². The molecular formula is C25H27N9O2. The first-order chi connectivity index (χ1) is 17.3. The molecule has 0 aliphatic rings. The summed E-state index contributed by atoms with van der Waals surface area (Å²) in [5, 5.41) is 23.9. The van der Waals surface area contributed by atoms with Crippen LogP contribution in [0.25, 0.3) is 22.0 Å². The van der Waals surface area contributed by atoms with Crippen molar-refractivity contribution >= 4 is 39.9 Å². The molecule has 2 aromatic carbocycles. The van der Waals surface area contributed by atoms with Gasteiger partial charge >= 0.3 is 0 Å². The average Bonchev–Trinajstić information content (AvgIpc) is 3.21. The SMILES string of the molecule is CN=CC(=CN)c1nn(Cc2cc3cccc(C)c3c(=O)n2-c2ccccc2N)c(NO)c1C(=N)N. The van der Waals surface area contributed by atoms with Crippen LogP contribution in [0.5, 0.6) is 0 Å². The zero-order valence-corrected chi connectivity index (χ0v) is 19.9. The minimum atomic E-state index is -0.338. The molecule has 2 heterocycles. The second-order valence-corrected chi connectivity index (χ2v) is 8.14. The van der Waals surface area contributed by atoms with E-state index in [0.29, 0.717) is 28.0 Å². The Labute approximate surface area is 206 Å². The molecule has 184 valence electrons. The van der Waals surface area contributed by atoms with Gasteiger partial charge in [-0.05, 0) is 36.1 Å². The number of rotatable bonds is 7. The lowest BCUT2D eigenvalue weighted by Gasteiger charge is -2.18. The van der Waals surface area contributed by atoms with Crippen LogP contribution in [0.15, 0.2) is 64.5 Å². The molecule has 0 radical (unpaired) electrons. The molecule has 4 rings (SSSR count). The molecular weight excluding hydrogens is 458 g/mol. The zero-order chi connectivity index (χ0) is 26.0. The number of hydrogen-bond donors (Lipinski definition) is 6. The fraction of sp³-hybridized carbons (Fsp3) is 0.120. The maximum Gasteiger partial charge on any atom is 0.263 e. The van der Waals surface area contributed by atoms with Crippen molar-refractivity contribution in [2.24, 2.45) is 16.5 Å². The van der Waals surface area contributed by atoms with Crippen molar-refractivity contribution in [3.05, 3.63) is 87.6 Å². The van der Waals surface area contributed by atoms with Crippen molar-refractivity contribution in [3.8, 4) is 5.69 Å². The smallest absolute Gasteiger partial charge is 0.263 e. The number of aliphatic imine (C=N–C) groups is 1. The quantitative estimate of drug-likeness (QED) is 0.100. The van der Waals surface area contributed by atoms with Crippen LogP contribution in [0.3, 0.4) is 0 Å². The van der Waals surface area contributed by atoms with Crippen LogP contribution in [0.4, 0.5) is 11.5 Å². The first kappa shape index (κ1) is 24.2. The number of hydrogen-bond acceptors (Lipinski definition) is 8. The third-order valence-electron chi connectivity index (χ3n) is 5.87. The van der Waals surface area contributed by atoms with Crippen LogP contribution in [0, 0.1) is 12.3 Å². The number of benzene rings is 2. The number of amidine groups is 1. The highest BCUT2D eigenvalue weighted by Crippen LogP contribution is 2.27. The van der Waals surface area contributed by atoms with Crippen LogP contribution in [0.2, 0.25) is 0 Å². The molecule has 36 heavy (non-hydrogen) atoms. The number of nitrogens with zero attached hydrogens (tertiary/aromatic N) is 4. The van der Waals surface area contributed by atoms with Gasteiger partial charge in [0.1, 0.15) is 11.5 Å². The number of nitrogen functional groups attached to an aromatic ring is 2. The molecule has 0 spiro atoms. The molecule has 0 saturated carbocycles. The van der Waals surface area contributed by atoms with Gasteiger partial charge in [0.2, 0.25) is 0 Å². The topological polar surface area (TPSA) is 186 Å². The standard InChI is InChI=1S/C25H27N9O2/c1-14-6-5-7-15-10-17(34(25(35)20(14)15)19-9-4-3-8-18(19)27)13-33-24(32-36)21(23(28)29)22(31-33)16(11-26)12-30-2/h3-12,32,36H,13,26-27H2,1-2H3,(H3,28,29). The summed E-state index contributed by atoms with van der Waals surface area (Å²) in [6.07, 6.45) is 2.76. The first-order valence-electron chi connectivity index (χ1n) is 11.0. The van der Waals surface area contributed by atoms with Gasteiger partial charge in [-0.25, -0.2) is 4.68 Å². The van der Waals surface area contributed by atoms with E-state index in [1.54, 1.807) is 31.3 Å². The van der Waals surface area contributed by atoms with E-state index in [1.165, 1.54) is 21.7 Å². The number of allylic oxidation sites excluding steroid dienone is 1. The number of anilines is 2. The van der Waals surface area contributed by atoms with Crippen molar-refractivity contribution in [1.82, 2.24) is 14.3 Å². The van der Waals surface area contributed by atoms with Gasteiger partial charge in [-0.15, -0.1) is 0 Å². The van der Waals surface area contributed by atoms with Gasteiger partial charge in [0.05, 0.1) is 28.9 Å². The highest BCUT2D eigenvalue weighted by atomic mass is 16.5. The van der Waals surface area contributed by atoms with E-state index in [4.69, 9.17) is 22.6 Å². The summed E-state index contributed by atoms with van der Waals surface area (Å²) >= 11 is 0. The van der Waals surface area contributed by atoms with Gasteiger partial charge in [0, 0.05) is 30.7 Å². The molecule has 9 N–H and O–H groups in total. The largest absolute Gasteiger partial charge is 0.404 e. The second-order valence-electron chi connectivity index (χ2n) is 8.14. The fourth-order valence-electron chi connectivity index (χ4n) is 4.28. The molecule has 11 heteroatoms. The third-order valence-corrected chi connectivity index (χ3v) is 5.87. The van der Waals surface area contributed by atoms with E-state index in [2.05, 4.69) is 15.6 Å². The van der Waals surface area contributed by atoms with Crippen LogP contribution in [0.1, 0.15) is 22.5 Å². The van der Waals surface area contributed by atoms with Crippen molar-refractivity contribution < 1.29 is 5.21 Å². The summed E-state index contributed by atoms with van der Waals surface area (Å²) in [4.78, 5) is 17.8. The van der Waals surface area contributed by atoms with Gasteiger partial charge in [0.25, 0.3) is 5.56 Å². The Hall–Kier alpha value is -4.90. The van der Waals surface area contributed by atoms with Crippen molar-refractivity contribution in [1.29, 1.82) is 5.41 Å². The lowest BCUT2D eigenvalue weighted by atomic mass is 10.1. The van der Waals surface area contributed by atoms with Crippen LogP contribution >= 0.6 is 0 Å². The molecule has 0 atom stereocenters. The minimum Gasteiger partial charge on any atom is -0.404 e. The predicted octanol–water partition coefficient (Wildman–Crippen LogP) is 2.21. The monoisotopic (exact) mass is 485 g/mol. The van der Waals surface area contributed by atoms with Crippen LogP contribution in [-0.2, 0) is 6.54 Å². The molecule has 0 aliphatic heterocycles. The summed E-state index contributed by atoms with van der Waals surface area (Å²) in [7, 11) is 1.57. The lowest BCUT2D eigenvalue weighted by molar-refractivity contribution is 0.379. The number of aromatic nitrogens is 3. The molecule has 4 aromatic rings. The van der Waals surface area contributed by atoms with E-state index in [9.17, 15) is 10.0 Å². The Bertz CT molecular complexity index is 1600. The van der Waals surface area contributed by atoms with Crippen molar-refractivity contribution in [3.63, 3.8) is 0 Å². The van der Waals surface area contributed by atoms with Crippen molar-refractivity contribution in [2.45, 2.75) is 13.5 Å². The van der Waals surface area contributed by atoms with Gasteiger partial charge in [0.15, 0.2) is 5.82 Å². The molecule has 2 aromatic heterocycles. The molecule has 0 saturated heterocycles. The molecule has 11 nitrogen and oxygen atoms in total. The fourth-order valence-corrected chi connectivity index (χ4v) is 4.28. The van der Waals surface area contributed by atoms with E-state index in [0.717, 1.165) is 10.9 Å². The Kier molecular flexibility index (Phi) is 6.57. The number of nitrogens with two attached hydrogens (primary N) is 3. The Balaban J connectivity index is 2.03. The van der Waals surface area contributed by atoms with E-state index >= 15 is 0 Å². The Morgan fingerprint density at radius 3 is 2.64 bits per heavy atom. The van der Waals surface area contributed by atoms with E-state index < -0.39 is 0 Å². The molecule has 0 fully saturated rings. The third kappa shape index (κ3) is 4.07. The summed E-state index contributed by atoms with van der Waals surface area (Å²) in [6, 6.07) is 14.6. The number of fused-ring (bicyclic) bond motifs is 1. The average molecular weight is 486 g/mol. The summed E-state index contributed by atoms with van der Waals surface area (Å²) in [5.74, 6) is -0.277. The van der Waals surface area contributed by atoms with Gasteiger partial charge in [-0.3, -0.25) is 30.5 Å². The van der Waals surface area contributed by atoms with Crippen molar-refractivity contribution in [2.75, 3.05) is 18.3 Å². The molecule has 0 amide bonds. The normalized spacial score (nSPS) is 11.9. The maximum atomic E-state index is 13.8. The van der Waals surface area contributed by atoms with Gasteiger partial charge in [-0.2, -0.15) is 5.10 Å². The summed E-state index contributed by atoms with van der Waals surface area (Å²) in [6.45, 7) is 1.91. The highest BCUT2D eigenvalue weighted by molar-refractivity contribution is 6.14. The summed E-state index contributed by atoms with van der Waals surface area (Å²) < 4.78 is 2.94. The maximum absolute atomic E-state index is 13.8. The number of pyridine rings is 1. The number of nitrogens with one attached hydrogen (secondary N) is 2. The molecule has 0 aliphatic carbocycles. The Morgan fingerprint density at radius 1 is 1.25 bits per heavy atom. The van der Waals surface area contributed by atoms with E-state index in [-0.39, 0.29) is 35.0 Å². The van der Waals surface area contributed by atoms with E-state index in [1.807, 2.05) is 31.2 Å². The highest BCUT2D eigenvalue weighted by Gasteiger charge is 2.24. The van der Waals surface area contributed by atoms with Gasteiger partial charge < -0.3 is 17.2 Å². The van der Waals surface area contributed by atoms with Crippen LogP contribution < -0.4 is 28.2 Å². The minimum absolute atomic E-state index is 0.0255. The molecule has 0 bridgehead atoms. The second kappa shape index (κ2) is 9.76. The predicted molar refractivity (Wildman–Crippen MR) is 143 cm³/mol. The molecule has 0 unspecified atom stereocenters. The first-order valence-corrected chi connectivity index (χ1v) is 11.0. The number of para-hydroxylation sites is 2. The lowest BCUT2D eigenvalue weighted by Crippen LogP contribution is -2.25. The summed E-state index contributed by atoms with van der Waals surface area (Å²) in [5.41, 5.74) is 22.8. The van der Waals surface area contributed by atoms with Crippen LogP contribution in [-0.4, -0.2) is 38.7 Å².